The maximum Gasteiger partial charge on any atom is -0.0228 e. The van der Waals surface area contributed by atoms with Crippen LogP contribution in [0.1, 0.15) is 66.9 Å². The summed E-state index contributed by atoms with van der Waals surface area (Å²) in [5.41, 5.74) is 4.09. The van der Waals surface area contributed by atoms with E-state index < -0.39 is 0 Å². The minimum atomic E-state index is 1.32. The Bertz CT molecular complexity index is 274. The second-order valence-electron chi connectivity index (χ2n) is 3.99. The van der Waals surface area contributed by atoms with E-state index in [1.807, 2.05) is 19.9 Å². The molecule has 0 bridgehead atoms. The molecule has 0 aliphatic heterocycles. The highest BCUT2D eigenvalue weighted by Gasteiger charge is 1.93. The minimum Gasteiger partial charge on any atom is -0.0729 e. The van der Waals surface area contributed by atoms with Gasteiger partial charge in [0.05, 0.1) is 0 Å². The molecule has 0 amide bonds. The summed E-state index contributed by atoms with van der Waals surface area (Å²) in [6, 6.07) is 10.5. The van der Waals surface area contributed by atoms with Crippen molar-refractivity contribution >= 4 is 5.57 Å². The Labute approximate surface area is 109 Å². The molecule has 1 rings (SSSR count). The lowest BCUT2D eigenvalue weighted by molar-refractivity contribution is 0.886. The fraction of sp³-hybridized carbons (Fsp3) is 0.529. The number of rotatable bonds is 2. The second-order valence-corrected chi connectivity index (χ2v) is 3.99. The molecule has 98 valence electrons. The highest BCUT2D eigenvalue weighted by molar-refractivity contribution is 5.65. The average Bonchev–Trinajstić information content (AvgIpc) is 2.41. The third-order valence-electron chi connectivity index (χ3n) is 2.46. The summed E-state index contributed by atoms with van der Waals surface area (Å²) in [5, 5.41) is 0. The zero-order chi connectivity index (χ0) is 13.7. The molecule has 1 aromatic rings. The highest BCUT2D eigenvalue weighted by atomic mass is 14.0. The summed E-state index contributed by atoms with van der Waals surface area (Å²) in [6.07, 6.45) is 2.64. The largest absolute Gasteiger partial charge is 0.0729 e. The van der Waals surface area contributed by atoms with Crippen molar-refractivity contribution in [1.82, 2.24) is 0 Å². The lowest BCUT2D eigenvalue weighted by Gasteiger charge is -2.02. The smallest absolute Gasteiger partial charge is 0.0228 e. The third kappa shape index (κ3) is 9.86. The van der Waals surface area contributed by atoms with Gasteiger partial charge in [-0.2, -0.15) is 0 Å². The van der Waals surface area contributed by atoms with Crippen molar-refractivity contribution in [2.24, 2.45) is 0 Å². The van der Waals surface area contributed by atoms with Crippen LogP contribution in [0.25, 0.3) is 5.57 Å². The van der Waals surface area contributed by atoms with Gasteiger partial charge < -0.3 is 0 Å². The predicted molar refractivity (Wildman–Crippen MR) is 82.3 cm³/mol. The van der Waals surface area contributed by atoms with E-state index in [4.69, 9.17) is 0 Å². The van der Waals surface area contributed by atoms with Gasteiger partial charge in [-0.15, -0.1) is 0 Å². The van der Waals surface area contributed by atoms with E-state index >= 15 is 0 Å². The van der Waals surface area contributed by atoms with Crippen molar-refractivity contribution in [2.45, 2.75) is 61.3 Å². The van der Waals surface area contributed by atoms with Crippen LogP contribution in [0.3, 0.4) is 0 Å². The molecule has 0 heteroatoms. The molecule has 0 fully saturated rings. The molecule has 0 heterocycles. The minimum absolute atomic E-state index is 1.32. The van der Waals surface area contributed by atoms with Crippen LogP contribution < -0.4 is 0 Å². The first-order valence-electron chi connectivity index (χ1n) is 6.82. The second kappa shape index (κ2) is 13.0. The van der Waals surface area contributed by atoms with Crippen LogP contribution >= 0.6 is 0 Å². The fourth-order valence-electron chi connectivity index (χ4n) is 0.977. The average molecular weight is 234 g/mol. The van der Waals surface area contributed by atoms with Gasteiger partial charge in [-0.1, -0.05) is 76.4 Å². The van der Waals surface area contributed by atoms with Gasteiger partial charge >= 0.3 is 0 Å². The van der Waals surface area contributed by atoms with Gasteiger partial charge in [-0.05, 0) is 31.9 Å². The summed E-state index contributed by atoms with van der Waals surface area (Å²) in [7, 11) is 0. The van der Waals surface area contributed by atoms with Crippen molar-refractivity contribution in [2.75, 3.05) is 0 Å². The molecule has 1 aromatic carbocycles. The van der Waals surface area contributed by atoms with Crippen LogP contribution in [-0.2, 0) is 0 Å². The molecule has 0 N–H and O–H groups in total. The highest BCUT2D eigenvalue weighted by Crippen LogP contribution is 2.16. The third-order valence-corrected chi connectivity index (χ3v) is 2.46. The molecule has 0 nitrogen and oxygen atoms in total. The summed E-state index contributed by atoms with van der Waals surface area (Å²) in [4.78, 5) is 0. The quantitative estimate of drug-likeness (QED) is 0.560. The fourth-order valence-corrected chi connectivity index (χ4v) is 0.977. The lowest BCUT2D eigenvalue weighted by atomic mass is 10.0. The SMILES string of the molecule is CC.CC(C)=C(C)c1ccccc1.CCCC. The zero-order valence-corrected chi connectivity index (χ0v) is 12.8. The van der Waals surface area contributed by atoms with Gasteiger partial charge in [0.25, 0.3) is 0 Å². The standard InChI is InChI=1S/C11H14.C4H10.C2H6/c1-9(2)10(3)11-7-5-4-6-8-11;1-3-4-2;1-2/h4-8H,1-3H3;3-4H2,1-2H3;1-2H3. The van der Waals surface area contributed by atoms with Crippen LogP contribution in [-0.4, -0.2) is 0 Å². The Kier molecular flexibility index (Phi) is 14.0. The molecule has 0 spiro atoms. The van der Waals surface area contributed by atoms with Crippen LogP contribution in [0, 0.1) is 0 Å². The van der Waals surface area contributed by atoms with E-state index in [1.165, 1.54) is 29.6 Å². The maximum atomic E-state index is 2.18. The summed E-state index contributed by atoms with van der Waals surface area (Å²) in [6.45, 7) is 14.8. The molecule has 0 aliphatic carbocycles. The Morgan fingerprint density at radius 2 is 1.24 bits per heavy atom. The van der Waals surface area contributed by atoms with Gasteiger partial charge in [0.2, 0.25) is 0 Å². The molecule has 0 saturated heterocycles. The van der Waals surface area contributed by atoms with Crippen LogP contribution in [0.5, 0.6) is 0 Å². The first-order chi connectivity index (χ1) is 8.13. The molecular weight excluding hydrogens is 204 g/mol. The molecule has 0 saturated carbocycles. The molecule has 0 aromatic heterocycles. The first kappa shape index (κ1) is 18.3. The maximum absolute atomic E-state index is 2.18. The summed E-state index contributed by atoms with van der Waals surface area (Å²) in [5.74, 6) is 0. The van der Waals surface area contributed by atoms with Crippen molar-refractivity contribution in [1.29, 1.82) is 0 Å². The Hall–Kier alpha value is -1.04. The first-order valence-corrected chi connectivity index (χ1v) is 6.82. The van der Waals surface area contributed by atoms with Gasteiger partial charge in [0.15, 0.2) is 0 Å². The van der Waals surface area contributed by atoms with Crippen molar-refractivity contribution in [3.8, 4) is 0 Å². The number of unbranched alkanes of at least 4 members (excludes halogenated alkanes) is 1. The molecular formula is C17H30. The van der Waals surface area contributed by atoms with Gasteiger partial charge in [-0.25, -0.2) is 0 Å². The Morgan fingerprint density at radius 1 is 0.824 bits per heavy atom. The van der Waals surface area contributed by atoms with E-state index in [0.29, 0.717) is 0 Å². The number of benzene rings is 1. The van der Waals surface area contributed by atoms with Gasteiger partial charge in [-0.3, -0.25) is 0 Å². The predicted octanol–water partition coefficient (Wildman–Crippen LogP) is 6.33. The van der Waals surface area contributed by atoms with Crippen molar-refractivity contribution in [3.05, 3.63) is 41.5 Å². The molecule has 0 radical (unpaired) electrons. The van der Waals surface area contributed by atoms with E-state index in [2.05, 4.69) is 58.9 Å². The van der Waals surface area contributed by atoms with Crippen molar-refractivity contribution < 1.29 is 0 Å². The monoisotopic (exact) mass is 234 g/mol. The van der Waals surface area contributed by atoms with Gasteiger partial charge in [0, 0.05) is 0 Å². The number of hydrogen-bond acceptors (Lipinski definition) is 0. The number of hydrogen-bond donors (Lipinski definition) is 0. The normalized spacial score (nSPS) is 8.18. The molecule has 0 atom stereocenters. The van der Waals surface area contributed by atoms with Crippen LogP contribution in [0.4, 0.5) is 0 Å². The zero-order valence-electron chi connectivity index (χ0n) is 12.8. The van der Waals surface area contributed by atoms with Crippen LogP contribution in [0.2, 0.25) is 0 Å². The lowest BCUT2D eigenvalue weighted by Crippen LogP contribution is -1.79. The van der Waals surface area contributed by atoms with Gasteiger partial charge in [0.1, 0.15) is 0 Å². The van der Waals surface area contributed by atoms with E-state index in [0.717, 1.165) is 0 Å². The van der Waals surface area contributed by atoms with E-state index in [1.54, 1.807) is 0 Å². The van der Waals surface area contributed by atoms with Crippen molar-refractivity contribution in [3.63, 3.8) is 0 Å². The van der Waals surface area contributed by atoms with E-state index in [-0.39, 0.29) is 0 Å². The van der Waals surface area contributed by atoms with E-state index in [9.17, 15) is 0 Å². The summed E-state index contributed by atoms with van der Waals surface area (Å²) < 4.78 is 0. The summed E-state index contributed by atoms with van der Waals surface area (Å²) >= 11 is 0. The molecule has 0 aliphatic rings. The Balaban J connectivity index is 0. The molecule has 17 heavy (non-hydrogen) atoms. The van der Waals surface area contributed by atoms with Crippen LogP contribution in [0.15, 0.2) is 35.9 Å². The molecule has 0 unspecified atom stereocenters. The Morgan fingerprint density at radius 3 is 1.53 bits per heavy atom. The topological polar surface area (TPSA) is 0 Å². The number of allylic oxidation sites excluding steroid dienone is 2.